The molecular formula is C24H21NO4. The van der Waals surface area contributed by atoms with Crippen LogP contribution in [0.25, 0.3) is 0 Å². The van der Waals surface area contributed by atoms with Crippen LogP contribution in [0, 0.1) is 0 Å². The molecule has 0 saturated carbocycles. The quantitative estimate of drug-likeness (QED) is 0.327. The first-order valence-electron chi connectivity index (χ1n) is 9.38. The van der Waals surface area contributed by atoms with E-state index >= 15 is 0 Å². The summed E-state index contributed by atoms with van der Waals surface area (Å²) in [5, 5.41) is 0. The van der Waals surface area contributed by atoms with Crippen molar-refractivity contribution in [2.24, 2.45) is 4.99 Å². The normalized spacial score (nSPS) is 13.7. The molecule has 0 aromatic heterocycles. The van der Waals surface area contributed by atoms with Gasteiger partial charge >= 0.3 is 0 Å². The summed E-state index contributed by atoms with van der Waals surface area (Å²) in [5.41, 5.74) is 1.54. The van der Waals surface area contributed by atoms with Gasteiger partial charge in [-0.15, -0.1) is 0 Å². The highest BCUT2D eigenvalue weighted by Gasteiger charge is 2.12. The third-order valence-electron chi connectivity index (χ3n) is 4.17. The van der Waals surface area contributed by atoms with Crippen molar-refractivity contribution in [2.75, 3.05) is 13.2 Å². The molecule has 0 amide bonds. The fraction of sp³-hybridized carbons (Fsp3) is 0.125. The van der Waals surface area contributed by atoms with Gasteiger partial charge in [0.05, 0.1) is 11.9 Å². The molecule has 1 heterocycles. The molecule has 0 spiro atoms. The van der Waals surface area contributed by atoms with Crippen LogP contribution < -0.4 is 18.9 Å². The lowest BCUT2D eigenvalue weighted by Gasteiger charge is -2.18. The fourth-order valence-corrected chi connectivity index (χ4v) is 2.72. The van der Waals surface area contributed by atoms with Gasteiger partial charge in [-0.1, -0.05) is 36.4 Å². The van der Waals surface area contributed by atoms with Crippen LogP contribution >= 0.6 is 0 Å². The Hall–Kier alpha value is -3.73. The van der Waals surface area contributed by atoms with E-state index in [2.05, 4.69) is 4.99 Å². The Morgan fingerprint density at radius 1 is 0.828 bits per heavy atom. The van der Waals surface area contributed by atoms with E-state index < -0.39 is 0 Å². The number of hydrogen-bond donors (Lipinski definition) is 0. The first-order valence-corrected chi connectivity index (χ1v) is 9.38. The number of benzene rings is 3. The molecule has 0 radical (unpaired) electrons. The second-order valence-electron chi connectivity index (χ2n) is 6.39. The molecule has 1 aliphatic rings. The zero-order chi connectivity index (χ0) is 19.9. The van der Waals surface area contributed by atoms with Gasteiger partial charge in [0.2, 0.25) is 5.90 Å². The first-order chi connectivity index (χ1) is 14.3. The number of fused-ring (bicyclic) bond motifs is 1. The molecule has 0 fully saturated rings. The summed E-state index contributed by atoms with van der Waals surface area (Å²) >= 11 is 0. The van der Waals surface area contributed by atoms with Crippen LogP contribution in [0.3, 0.4) is 0 Å². The van der Waals surface area contributed by atoms with E-state index in [0.717, 1.165) is 17.0 Å². The summed E-state index contributed by atoms with van der Waals surface area (Å²) in [6, 6.07) is 24.7. The summed E-state index contributed by atoms with van der Waals surface area (Å²) in [6.45, 7) is 2.98. The van der Waals surface area contributed by atoms with Crippen molar-refractivity contribution in [2.45, 2.75) is 6.92 Å². The summed E-state index contributed by atoms with van der Waals surface area (Å²) in [4.78, 5) is 4.64. The maximum atomic E-state index is 6.02. The third-order valence-corrected chi connectivity index (χ3v) is 4.17. The van der Waals surface area contributed by atoms with Crippen molar-refractivity contribution in [1.82, 2.24) is 0 Å². The van der Waals surface area contributed by atoms with Crippen LogP contribution in [-0.2, 0) is 0 Å². The van der Waals surface area contributed by atoms with Crippen LogP contribution in [0.4, 0.5) is 5.69 Å². The van der Waals surface area contributed by atoms with Gasteiger partial charge in [-0.05, 0) is 43.3 Å². The van der Waals surface area contributed by atoms with E-state index in [-0.39, 0.29) is 0 Å². The van der Waals surface area contributed by atoms with E-state index in [1.54, 1.807) is 6.26 Å². The molecule has 0 saturated heterocycles. The minimum atomic E-state index is 0.458. The first kappa shape index (κ1) is 18.6. The van der Waals surface area contributed by atoms with Gasteiger partial charge in [0.25, 0.3) is 0 Å². The Labute approximate surface area is 169 Å². The molecule has 3 aromatic rings. The minimum absolute atomic E-state index is 0.458. The Kier molecular flexibility index (Phi) is 5.76. The summed E-state index contributed by atoms with van der Waals surface area (Å²) in [5.74, 6) is 3.21. The zero-order valence-electron chi connectivity index (χ0n) is 16.1. The van der Waals surface area contributed by atoms with E-state index in [0.29, 0.717) is 36.4 Å². The van der Waals surface area contributed by atoms with Crippen LogP contribution in [0.2, 0.25) is 0 Å². The molecule has 3 aromatic carbocycles. The molecule has 29 heavy (non-hydrogen) atoms. The lowest BCUT2D eigenvalue weighted by atomic mass is 10.3. The van der Waals surface area contributed by atoms with Crippen LogP contribution in [0.1, 0.15) is 6.92 Å². The third kappa shape index (κ3) is 4.96. The van der Waals surface area contributed by atoms with Crippen molar-refractivity contribution in [1.29, 1.82) is 0 Å². The van der Waals surface area contributed by atoms with Gasteiger partial charge in [-0.3, -0.25) is 0 Å². The molecule has 5 heteroatoms. The molecule has 4 rings (SSSR count). The smallest absolute Gasteiger partial charge is 0.225 e. The second-order valence-corrected chi connectivity index (χ2v) is 6.39. The highest BCUT2D eigenvalue weighted by molar-refractivity contribution is 5.96. The topological polar surface area (TPSA) is 49.3 Å². The minimum Gasteiger partial charge on any atom is -0.486 e. The predicted octanol–water partition coefficient (Wildman–Crippen LogP) is 5.55. The molecule has 0 unspecified atom stereocenters. The highest BCUT2D eigenvalue weighted by Crippen LogP contribution is 2.33. The molecule has 146 valence electrons. The van der Waals surface area contributed by atoms with Crippen molar-refractivity contribution in [3.8, 4) is 23.0 Å². The van der Waals surface area contributed by atoms with Crippen molar-refractivity contribution >= 4 is 11.6 Å². The highest BCUT2D eigenvalue weighted by atomic mass is 16.6. The number of ether oxygens (including phenoxy) is 4. The summed E-state index contributed by atoms with van der Waals surface area (Å²) in [7, 11) is 0. The van der Waals surface area contributed by atoms with Gasteiger partial charge in [0, 0.05) is 11.6 Å². The number of rotatable bonds is 5. The molecular weight excluding hydrogens is 366 g/mol. The monoisotopic (exact) mass is 387 g/mol. The predicted molar refractivity (Wildman–Crippen MR) is 112 cm³/mol. The number of aliphatic imine (C=N–C) groups is 1. The maximum absolute atomic E-state index is 6.02. The van der Waals surface area contributed by atoms with Crippen molar-refractivity contribution in [3.63, 3.8) is 0 Å². The molecule has 0 N–H and O–H groups in total. The Balaban J connectivity index is 1.57. The standard InChI is InChI=1S/C24H21NO4/c1-18(17-28-21-12-13-22-23(16-21)27-15-14-26-22)24(25-19-8-4-2-5-9-19)29-20-10-6-3-7-11-20/h2-13,16-17H,14-15H2,1H3/b18-17+,25-24?. The fourth-order valence-electron chi connectivity index (χ4n) is 2.72. The average molecular weight is 387 g/mol. The second kappa shape index (κ2) is 8.97. The van der Waals surface area contributed by atoms with Crippen LogP contribution in [0.5, 0.6) is 23.0 Å². The maximum Gasteiger partial charge on any atom is 0.225 e. The molecule has 0 bridgehead atoms. The van der Waals surface area contributed by atoms with Crippen LogP contribution in [0.15, 0.2) is 95.7 Å². The Morgan fingerprint density at radius 3 is 2.28 bits per heavy atom. The lowest BCUT2D eigenvalue weighted by Crippen LogP contribution is -2.15. The van der Waals surface area contributed by atoms with E-state index in [1.807, 2.05) is 85.8 Å². The zero-order valence-corrected chi connectivity index (χ0v) is 16.1. The molecule has 0 atom stereocenters. The average Bonchev–Trinajstić information content (AvgIpc) is 2.78. The lowest BCUT2D eigenvalue weighted by molar-refractivity contribution is 0.171. The van der Waals surface area contributed by atoms with E-state index in [4.69, 9.17) is 18.9 Å². The molecule has 0 aliphatic carbocycles. The Morgan fingerprint density at radius 2 is 1.52 bits per heavy atom. The SMILES string of the molecule is C/C(=C\Oc1ccc2c(c1)OCCO2)C(=Nc1ccccc1)Oc1ccccc1. The van der Waals surface area contributed by atoms with Crippen LogP contribution in [-0.4, -0.2) is 19.1 Å². The van der Waals surface area contributed by atoms with Gasteiger partial charge in [-0.2, -0.15) is 0 Å². The van der Waals surface area contributed by atoms with Gasteiger partial charge in [-0.25, -0.2) is 4.99 Å². The molecule has 1 aliphatic heterocycles. The summed E-state index contributed by atoms with van der Waals surface area (Å²) in [6.07, 6.45) is 1.62. The number of nitrogens with zero attached hydrogens (tertiary/aromatic N) is 1. The number of hydrogen-bond acceptors (Lipinski definition) is 5. The van der Waals surface area contributed by atoms with E-state index in [9.17, 15) is 0 Å². The van der Waals surface area contributed by atoms with E-state index in [1.165, 1.54) is 0 Å². The van der Waals surface area contributed by atoms with Crippen molar-refractivity contribution < 1.29 is 18.9 Å². The Bertz CT molecular complexity index is 1010. The number of para-hydroxylation sites is 2. The van der Waals surface area contributed by atoms with Gasteiger partial charge in [0.1, 0.15) is 24.7 Å². The van der Waals surface area contributed by atoms with Crippen molar-refractivity contribution in [3.05, 3.63) is 90.7 Å². The van der Waals surface area contributed by atoms with Gasteiger partial charge in [0.15, 0.2) is 11.5 Å². The molecule has 5 nitrogen and oxygen atoms in total. The summed E-state index contributed by atoms with van der Waals surface area (Å²) < 4.78 is 23.0. The van der Waals surface area contributed by atoms with Gasteiger partial charge < -0.3 is 18.9 Å². The largest absolute Gasteiger partial charge is 0.486 e.